The number of nitrogens with one attached hydrogen (secondary N) is 3. The molecule has 46 heteroatoms. The molecule has 42 nitrogen and oxygen atoms in total. The molecule has 37 atom stereocenters. The summed E-state index contributed by atoms with van der Waals surface area (Å²) in [5.41, 5.74) is 0. The molecule has 21 heterocycles. The Morgan fingerprint density at radius 1 is 0.367 bits per heavy atom. The number of hydrogen-bond donors (Lipinski definition) is 24. The predicted octanol–water partition coefficient (Wildman–Crippen LogP) is -13.1. The van der Waals surface area contributed by atoms with Crippen molar-refractivity contribution in [1.82, 2.24) is 16.0 Å². The molecule has 22 N–H and O–H groups in total. The van der Waals surface area contributed by atoms with E-state index in [1.165, 1.54) is 14.0 Å². The van der Waals surface area contributed by atoms with Gasteiger partial charge in [0.15, 0.2) is 44.0 Å². The highest BCUT2D eigenvalue weighted by Crippen LogP contribution is 2.40. The predicted molar refractivity (Wildman–Crippen MR) is 370 cm³/mol. The number of likely N-dealkylation sites (N-methyl/N-ethyl adjacent to an activating group) is 1. The van der Waals surface area contributed by atoms with Gasteiger partial charge in [-0.3, -0.25) is 19.2 Å². The normalized spacial score (nSPS) is 43.0. The number of hydrogen-bond acceptors (Lipinski definition) is 44. The SMILES string of the molecule is CN[C@H](CSCC1O[C@@H]2O[C@@H]3C(CO)OC(O[C@@H]4C(CO)OC(O[C@@H]5C(CO)O[C@H](O[C@@H]6C(CSC[C@@H](CC(=O)CCOCCOCCC(C)=O)C(=O)NCCS)O[C@H](O[C@@H]7C(CO)O[C@@H](O[C@@H]8C(CO)O[C@@H](O[C@H]1[C@H](O)C2O)C(O)[C@H]8O)C(O)[C@H]7O)C(O)[C@H]6O)C(O)[C@H]5O)[C@@H](O)[C@H]4O)[C@@H](O)[C@H]3O)C(=O)NCCS. The zero-order chi connectivity index (χ0) is 79.7. The lowest BCUT2D eigenvalue weighted by Gasteiger charge is -2.50. The van der Waals surface area contributed by atoms with Crippen LogP contribution in [0.25, 0.3) is 0 Å². The van der Waals surface area contributed by atoms with E-state index in [2.05, 4.69) is 41.2 Å². The van der Waals surface area contributed by atoms with Gasteiger partial charge in [-0.25, -0.2) is 0 Å². The lowest BCUT2D eigenvalue weighted by atomic mass is 9.95. The Bertz CT molecular complexity index is 2740. The molecule has 14 unspecified atom stereocenters. The first kappa shape index (κ1) is 92.7. The van der Waals surface area contributed by atoms with E-state index in [0.717, 1.165) is 23.5 Å². The average Bonchev–Trinajstić information content (AvgIpc) is 0.804. The molecule has 21 saturated heterocycles. The minimum absolute atomic E-state index is 0.0103. The molecule has 0 aromatic carbocycles. The van der Waals surface area contributed by atoms with E-state index in [0.29, 0.717) is 5.75 Å². The molecule has 2 amide bonds. The van der Waals surface area contributed by atoms with Crippen LogP contribution in [0.4, 0.5) is 0 Å². The number of aliphatic hydroxyl groups is 19. The van der Waals surface area contributed by atoms with Crippen molar-refractivity contribution in [3.63, 3.8) is 0 Å². The molecule has 21 aliphatic rings. The van der Waals surface area contributed by atoms with Crippen molar-refractivity contribution < 1.29 is 192 Å². The fourth-order valence-corrected chi connectivity index (χ4v) is 15.9. The highest BCUT2D eigenvalue weighted by molar-refractivity contribution is 7.99. The Morgan fingerprint density at radius 2 is 0.633 bits per heavy atom. The van der Waals surface area contributed by atoms with Crippen LogP contribution >= 0.6 is 48.8 Å². The summed E-state index contributed by atoms with van der Waals surface area (Å²) < 4.78 is 94.6. The van der Waals surface area contributed by atoms with Gasteiger partial charge in [0.05, 0.1) is 83.6 Å². The van der Waals surface area contributed by atoms with Gasteiger partial charge >= 0.3 is 0 Å². The van der Waals surface area contributed by atoms with Crippen molar-refractivity contribution in [3.8, 4) is 0 Å². The topological polar surface area (TPSA) is 636 Å². The molecular formula is C63H107N3O39S4. The summed E-state index contributed by atoms with van der Waals surface area (Å²) in [7, 11) is 1.50. The summed E-state index contributed by atoms with van der Waals surface area (Å²) in [5, 5.41) is 227. The molecule has 0 aromatic heterocycles. The molecule has 21 fully saturated rings. The Labute approximate surface area is 644 Å². The zero-order valence-electron chi connectivity index (χ0n) is 59.4. The first-order chi connectivity index (χ1) is 52.1. The van der Waals surface area contributed by atoms with Crippen molar-refractivity contribution >= 4 is 72.2 Å². The summed E-state index contributed by atoms with van der Waals surface area (Å²) in [6.07, 6.45) is -72.0. The molecule has 14 bridgehead atoms. The number of aliphatic hydroxyl groups excluding tert-OH is 19. The monoisotopic (exact) mass is 1660 g/mol. The van der Waals surface area contributed by atoms with Crippen LogP contribution in [0.1, 0.15) is 26.2 Å². The number of carbonyl (C=O) groups is 4. The lowest BCUT2D eigenvalue weighted by Crippen LogP contribution is -2.68. The van der Waals surface area contributed by atoms with Crippen LogP contribution in [-0.4, -0.2) is 456 Å². The maximum atomic E-state index is 13.7. The zero-order valence-corrected chi connectivity index (χ0v) is 62.8. The molecule has 0 aliphatic carbocycles. The minimum Gasteiger partial charge on any atom is -0.394 e. The fraction of sp³-hybridized carbons (Fsp3) is 0.937. The smallest absolute Gasteiger partial charge is 0.238 e. The maximum absolute atomic E-state index is 13.7. The second-order valence-electron chi connectivity index (χ2n) is 27.1. The third-order valence-corrected chi connectivity index (χ3v) is 22.2. The van der Waals surface area contributed by atoms with Crippen LogP contribution in [0.15, 0.2) is 0 Å². The van der Waals surface area contributed by atoms with Gasteiger partial charge in [0.2, 0.25) is 11.8 Å². The van der Waals surface area contributed by atoms with Gasteiger partial charge in [-0.15, -0.1) is 0 Å². The van der Waals surface area contributed by atoms with E-state index in [1.54, 1.807) is 0 Å². The summed E-state index contributed by atoms with van der Waals surface area (Å²) >= 11 is 10.2. The van der Waals surface area contributed by atoms with Crippen LogP contribution in [0.3, 0.4) is 0 Å². The van der Waals surface area contributed by atoms with E-state index in [9.17, 15) is 116 Å². The quantitative estimate of drug-likeness (QED) is 0.0226. The Balaban J connectivity index is 1.09. The van der Waals surface area contributed by atoms with Crippen molar-refractivity contribution in [2.75, 3.05) is 114 Å². The standard InChI is InChI=1S/C63H107N3O39S4/c1-23(72)3-7-90-9-10-91-8-4-25(73)13-24(55(88)65-5-11-106)19-108-21-32-53-39(79)46(86)62(97-32)102-51-30(17-70)93-59(42(82)35(51)75)101-50-29(16-69)96-61(45(85)38(50)78)105-54-33(22-109-20-26(64-2)56(89)66-6-12-107)98-63(47(87)40(54)80)103-52-31(18-71)94-58(43(83)36(52)76)99-48-27(14-67)92-57(41(81)34(48)74)100-49-28(15-68)95-60(104-53)44(84)37(49)77/h24,26-54,57-64,67-71,74-87,106-107H,3-22H2,1-2H3,(H,65,88)(H,66,89)/t24-,26-,27?,28?,29?,30?,31?,32?,33?,34-,35-,36-,37-,38-,39-,40-,41+,42?,43+,44?,45?,46?,47?,48-,49-,50-,51-,52-,53-,54-,57?,58?,59+,60-,61+,62-,63-/m1/s1. The van der Waals surface area contributed by atoms with E-state index >= 15 is 0 Å². The molecule has 0 saturated carbocycles. The first-order valence-corrected chi connectivity index (χ1v) is 39.2. The summed E-state index contributed by atoms with van der Waals surface area (Å²) in [6, 6.07) is -0.860. The Hall–Kier alpha value is -1.76. The van der Waals surface area contributed by atoms with Gasteiger partial charge in [0.1, 0.15) is 170 Å². The van der Waals surface area contributed by atoms with E-state index in [-0.39, 0.29) is 93.3 Å². The summed E-state index contributed by atoms with van der Waals surface area (Å²) in [5.74, 6) is -2.89. The third kappa shape index (κ3) is 23.6. The second kappa shape index (κ2) is 44.7. The highest BCUT2D eigenvalue weighted by atomic mass is 32.2. The number of rotatable bonds is 31. The number of Topliss-reactive ketones (excluding diaryl/α,β-unsaturated/α-hetero) is 2. The van der Waals surface area contributed by atoms with E-state index in [4.69, 9.17) is 75.8 Å². The summed E-state index contributed by atoms with van der Waals surface area (Å²) in [6.45, 7) is -3.37. The van der Waals surface area contributed by atoms with Gasteiger partial charge in [-0.05, 0) is 14.0 Å². The number of ketones is 2. The molecular weight excluding hydrogens is 1550 g/mol. The first-order valence-electron chi connectivity index (χ1n) is 35.6. The Kier molecular flexibility index (Phi) is 38.0. The van der Waals surface area contributed by atoms with Gasteiger partial charge in [0, 0.05) is 66.9 Å². The molecule has 21 aliphatic heterocycles. The third-order valence-electron chi connectivity index (χ3n) is 19.4. The van der Waals surface area contributed by atoms with Crippen molar-refractivity contribution in [3.05, 3.63) is 0 Å². The van der Waals surface area contributed by atoms with Crippen LogP contribution in [0.5, 0.6) is 0 Å². The second-order valence-corrected chi connectivity index (χ2v) is 30.1. The van der Waals surface area contributed by atoms with Gasteiger partial charge in [0.25, 0.3) is 0 Å². The maximum Gasteiger partial charge on any atom is 0.238 e. The van der Waals surface area contributed by atoms with Gasteiger partial charge in [-0.1, -0.05) is 0 Å². The number of carbonyl (C=O) groups excluding carboxylic acids is 4. The molecule has 0 spiro atoms. The molecule has 0 radical (unpaired) electrons. The van der Waals surface area contributed by atoms with Crippen molar-refractivity contribution in [1.29, 1.82) is 0 Å². The Morgan fingerprint density at radius 3 is 0.908 bits per heavy atom. The van der Waals surface area contributed by atoms with E-state index in [1.807, 2.05) is 0 Å². The number of ether oxygens (including phenoxy) is 16. The van der Waals surface area contributed by atoms with Crippen LogP contribution in [0, 0.1) is 5.92 Å². The fourth-order valence-electron chi connectivity index (χ4n) is 13.3. The minimum atomic E-state index is -2.29. The van der Waals surface area contributed by atoms with Crippen molar-refractivity contribution in [2.24, 2.45) is 5.92 Å². The number of thiol groups is 2. The van der Waals surface area contributed by atoms with Gasteiger partial charge in [-0.2, -0.15) is 48.8 Å². The van der Waals surface area contributed by atoms with Crippen molar-refractivity contribution in [2.45, 2.75) is 247 Å². The number of amides is 2. The van der Waals surface area contributed by atoms with Gasteiger partial charge < -0.3 is 189 Å². The highest BCUT2D eigenvalue weighted by Gasteiger charge is 2.60. The average molecular weight is 1660 g/mol. The molecule has 109 heavy (non-hydrogen) atoms. The molecule has 0 aromatic rings. The largest absolute Gasteiger partial charge is 0.394 e. The van der Waals surface area contributed by atoms with Crippen LogP contribution in [-0.2, 0) is 95.0 Å². The molecule has 21 rings (SSSR count). The van der Waals surface area contributed by atoms with Crippen LogP contribution < -0.4 is 16.0 Å². The van der Waals surface area contributed by atoms with E-state index < -0.39 is 278 Å². The summed E-state index contributed by atoms with van der Waals surface area (Å²) in [4.78, 5) is 51.3. The lowest BCUT2D eigenvalue weighted by molar-refractivity contribution is -0.395. The molecule has 632 valence electrons. The number of thioether (sulfide) groups is 2. The van der Waals surface area contributed by atoms with Crippen LogP contribution in [0.2, 0.25) is 0 Å².